The monoisotopic (exact) mass is 338 g/mol. The van der Waals surface area contributed by atoms with Gasteiger partial charge in [0.2, 0.25) is 5.91 Å². The summed E-state index contributed by atoms with van der Waals surface area (Å²) >= 11 is 0. The van der Waals surface area contributed by atoms with Crippen LogP contribution in [-0.2, 0) is 4.79 Å². The van der Waals surface area contributed by atoms with Crippen LogP contribution in [0.3, 0.4) is 0 Å². The van der Waals surface area contributed by atoms with Gasteiger partial charge in [-0.3, -0.25) is 4.79 Å². The number of carbonyl (C=O) groups is 1. The van der Waals surface area contributed by atoms with Crippen molar-refractivity contribution >= 4 is 35.8 Å². The zero-order valence-corrected chi connectivity index (χ0v) is 11.6. The number of nitrogens with zero attached hydrogens (tertiary/aromatic N) is 1. The lowest BCUT2D eigenvalue weighted by Gasteiger charge is -2.04. The third-order valence-corrected chi connectivity index (χ3v) is 2.61. The first-order valence-electron chi connectivity index (χ1n) is 5.57. The van der Waals surface area contributed by atoms with Gasteiger partial charge in [-0.25, -0.2) is 4.99 Å². The normalized spacial score (nSPS) is 19.9. The van der Waals surface area contributed by atoms with E-state index >= 15 is 0 Å². The highest BCUT2D eigenvalue weighted by atomic mass is 127. The van der Waals surface area contributed by atoms with E-state index in [1.807, 2.05) is 0 Å². The van der Waals surface area contributed by atoms with E-state index in [0.29, 0.717) is 17.9 Å². The molecule has 2 fully saturated rings. The standard InChI is InChI=1S/C10H18N4O.HI/c11-10(14-8-3-4-8)13-6-9(15)12-5-7-1-2-7;/h7-8H,1-6H2,(H,12,15)(H3,11,13,14);1H. The fourth-order valence-electron chi connectivity index (χ4n) is 1.28. The molecule has 2 aliphatic carbocycles. The van der Waals surface area contributed by atoms with Gasteiger partial charge in [0, 0.05) is 12.6 Å². The molecule has 1 amide bonds. The quantitative estimate of drug-likeness (QED) is 0.381. The average Bonchev–Trinajstić information content (AvgIpc) is 3.04. The molecule has 0 spiro atoms. The molecule has 2 rings (SSSR count). The van der Waals surface area contributed by atoms with Crippen molar-refractivity contribution in [1.82, 2.24) is 10.6 Å². The minimum Gasteiger partial charge on any atom is -0.370 e. The van der Waals surface area contributed by atoms with E-state index in [1.165, 1.54) is 12.8 Å². The third kappa shape index (κ3) is 5.53. The molecular weight excluding hydrogens is 319 g/mol. The molecule has 0 atom stereocenters. The Hall–Kier alpha value is -0.530. The van der Waals surface area contributed by atoms with E-state index in [-0.39, 0.29) is 36.4 Å². The van der Waals surface area contributed by atoms with E-state index in [2.05, 4.69) is 15.6 Å². The van der Waals surface area contributed by atoms with Crippen LogP contribution in [0, 0.1) is 5.92 Å². The summed E-state index contributed by atoms with van der Waals surface area (Å²) in [6, 6.07) is 0.489. The lowest BCUT2D eigenvalue weighted by Crippen LogP contribution is -2.35. The van der Waals surface area contributed by atoms with Crippen LogP contribution in [0.1, 0.15) is 25.7 Å². The second-order valence-corrected chi connectivity index (χ2v) is 4.37. The Labute approximate surface area is 113 Å². The van der Waals surface area contributed by atoms with Crippen LogP contribution >= 0.6 is 24.0 Å². The smallest absolute Gasteiger partial charge is 0.241 e. The number of amides is 1. The summed E-state index contributed by atoms with van der Waals surface area (Å²) in [6.45, 7) is 0.933. The molecule has 0 aromatic carbocycles. The molecule has 2 aliphatic rings. The predicted octanol–water partition coefficient (Wildman–Crippen LogP) is 0.197. The third-order valence-electron chi connectivity index (χ3n) is 2.61. The van der Waals surface area contributed by atoms with Gasteiger partial charge in [0.05, 0.1) is 0 Å². The van der Waals surface area contributed by atoms with E-state index in [9.17, 15) is 4.79 Å². The van der Waals surface area contributed by atoms with Gasteiger partial charge in [0.1, 0.15) is 6.54 Å². The zero-order valence-electron chi connectivity index (χ0n) is 9.24. The molecule has 16 heavy (non-hydrogen) atoms. The maximum absolute atomic E-state index is 11.3. The summed E-state index contributed by atoms with van der Waals surface area (Å²) in [6.07, 6.45) is 4.80. The van der Waals surface area contributed by atoms with Gasteiger partial charge >= 0.3 is 0 Å². The van der Waals surface area contributed by atoms with Gasteiger partial charge in [-0.1, -0.05) is 0 Å². The molecule has 92 valence electrons. The molecule has 2 saturated carbocycles. The van der Waals surface area contributed by atoms with Gasteiger partial charge in [0.15, 0.2) is 5.96 Å². The highest BCUT2D eigenvalue weighted by Crippen LogP contribution is 2.27. The highest BCUT2D eigenvalue weighted by Gasteiger charge is 2.22. The summed E-state index contributed by atoms with van der Waals surface area (Å²) in [7, 11) is 0. The van der Waals surface area contributed by atoms with E-state index in [1.54, 1.807) is 0 Å². The molecular formula is C10H19IN4O. The number of nitrogens with two attached hydrogens (primary N) is 1. The van der Waals surface area contributed by atoms with Gasteiger partial charge in [-0.2, -0.15) is 0 Å². The van der Waals surface area contributed by atoms with Gasteiger partial charge < -0.3 is 16.4 Å². The number of guanidine groups is 1. The van der Waals surface area contributed by atoms with Crippen LogP contribution in [0.4, 0.5) is 0 Å². The maximum Gasteiger partial charge on any atom is 0.241 e. The first-order chi connectivity index (χ1) is 7.24. The zero-order chi connectivity index (χ0) is 10.7. The molecule has 4 N–H and O–H groups in total. The molecule has 0 bridgehead atoms. The lowest BCUT2D eigenvalue weighted by atomic mass is 10.4. The molecule has 0 heterocycles. The molecule has 0 aliphatic heterocycles. The summed E-state index contributed by atoms with van der Waals surface area (Å²) < 4.78 is 0. The number of rotatable bonds is 5. The Bertz CT molecular complexity index is 274. The van der Waals surface area contributed by atoms with E-state index < -0.39 is 0 Å². The molecule has 6 heteroatoms. The van der Waals surface area contributed by atoms with E-state index in [4.69, 9.17) is 5.73 Å². The molecule has 0 unspecified atom stereocenters. The van der Waals surface area contributed by atoms with Crippen molar-refractivity contribution in [3.05, 3.63) is 0 Å². The molecule has 0 aromatic heterocycles. The minimum atomic E-state index is -0.0394. The van der Waals surface area contributed by atoms with Gasteiger partial charge in [-0.15, -0.1) is 24.0 Å². The second kappa shape index (κ2) is 6.27. The van der Waals surface area contributed by atoms with Crippen LogP contribution in [-0.4, -0.2) is 31.0 Å². The molecule has 0 saturated heterocycles. The van der Waals surface area contributed by atoms with Crippen molar-refractivity contribution in [2.45, 2.75) is 31.7 Å². The molecule has 0 aromatic rings. The van der Waals surface area contributed by atoms with Crippen LogP contribution in [0.2, 0.25) is 0 Å². The fraction of sp³-hybridized carbons (Fsp3) is 0.800. The van der Waals surface area contributed by atoms with Crippen LogP contribution in [0.5, 0.6) is 0 Å². The highest BCUT2D eigenvalue weighted by molar-refractivity contribution is 14.0. The fourth-order valence-corrected chi connectivity index (χ4v) is 1.28. The lowest BCUT2D eigenvalue weighted by molar-refractivity contribution is -0.119. The second-order valence-electron chi connectivity index (χ2n) is 4.37. The number of aliphatic imine (C=N–C) groups is 1. The number of hydrogen-bond acceptors (Lipinski definition) is 2. The van der Waals surface area contributed by atoms with Crippen LogP contribution in [0.15, 0.2) is 4.99 Å². The van der Waals surface area contributed by atoms with Crippen molar-refractivity contribution in [3.63, 3.8) is 0 Å². The van der Waals surface area contributed by atoms with Crippen molar-refractivity contribution in [2.24, 2.45) is 16.6 Å². The molecule has 5 nitrogen and oxygen atoms in total. The van der Waals surface area contributed by atoms with Crippen molar-refractivity contribution < 1.29 is 4.79 Å². The number of hydrogen-bond donors (Lipinski definition) is 3. The van der Waals surface area contributed by atoms with Crippen molar-refractivity contribution in [1.29, 1.82) is 0 Å². The van der Waals surface area contributed by atoms with Crippen LogP contribution < -0.4 is 16.4 Å². The summed E-state index contributed by atoms with van der Waals surface area (Å²) in [5, 5.41) is 5.87. The number of nitrogens with one attached hydrogen (secondary N) is 2. The first kappa shape index (κ1) is 13.5. The summed E-state index contributed by atoms with van der Waals surface area (Å²) in [4.78, 5) is 15.3. The van der Waals surface area contributed by atoms with Crippen molar-refractivity contribution in [2.75, 3.05) is 13.1 Å². The predicted molar refractivity (Wildman–Crippen MR) is 73.8 cm³/mol. The number of halogens is 1. The largest absolute Gasteiger partial charge is 0.370 e. The maximum atomic E-state index is 11.3. The van der Waals surface area contributed by atoms with Gasteiger partial charge in [-0.05, 0) is 31.6 Å². The summed E-state index contributed by atoms with van der Waals surface area (Å²) in [5.74, 6) is 1.06. The van der Waals surface area contributed by atoms with E-state index in [0.717, 1.165) is 19.4 Å². The Morgan fingerprint density at radius 2 is 2.00 bits per heavy atom. The average molecular weight is 338 g/mol. The van der Waals surface area contributed by atoms with Gasteiger partial charge in [0.25, 0.3) is 0 Å². The summed E-state index contributed by atoms with van der Waals surface area (Å²) in [5.41, 5.74) is 5.59. The Kier molecular flexibility index (Phi) is 5.30. The molecule has 0 radical (unpaired) electrons. The number of carbonyl (C=O) groups excluding carboxylic acids is 1. The Morgan fingerprint density at radius 3 is 2.56 bits per heavy atom. The topological polar surface area (TPSA) is 79.5 Å². The first-order valence-corrected chi connectivity index (χ1v) is 5.57. The van der Waals surface area contributed by atoms with Crippen molar-refractivity contribution in [3.8, 4) is 0 Å². The SMILES string of the molecule is I.NC(=NCC(=O)NCC1CC1)NC1CC1. The minimum absolute atomic E-state index is 0. The van der Waals surface area contributed by atoms with Crippen LogP contribution in [0.25, 0.3) is 0 Å². The Balaban J connectivity index is 0.00000128. The Morgan fingerprint density at radius 1 is 1.31 bits per heavy atom.